The van der Waals surface area contributed by atoms with Crippen LogP contribution >= 0.6 is 11.3 Å². The summed E-state index contributed by atoms with van der Waals surface area (Å²) in [5.41, 5.74) is 9.70. The van der Waals surface area contributed by atoms with Crippen molar-refractivity contribution in [1.29, 1.82) is 5.26 Å². The van der Waals surface area contributed by atoms with Crippen molar-refractivity contribution in [2.45, 2.75) is 13.3 Å². The zero-order valence-corrected chi connectivity index (χ0v) is 21.4. The summed E-state index contributed by atoms with van der Waals surface area (Å²) in [6.45, 7) is 5.80. The predicted molar refractivity (Wildman–Crippen MR) is 144 cm³/mol. The molecule has 1 aromatic heterocycles. The summed E-state index contributed by atoms with van der Waals surface area (Å²) in [5.74, 6) is -0.248. The average molecular weight is 520 g/mol. The highest BCUT2D eigenvalue weighted by atomic mass is 32.1. The van der Waals surface area contributed by atoms with Crippen molar-refractivity contribution in [3.63, 3.8) is 0 Å². The van der Waals surface area contributed by atoms with Crippen LogP contribution in [0.4, 0.5) is 21.2 Å². The molecule has 37 heavy (non-hydrogen) atoms. The van der Waals surface area contributed by atoms with Crippen LogP contribution in [0.25, 0.3) is 0 Å². The highest BCUT2D eigenvalue weighted by Crippen LogP contribution is 2.34. The largest absolute Gasteiger partial charge is 0.448 e. The molecule has 192 valence electrons. The fraction of sp³-hybridized carbons (Fsp3) is 0.296. The Morgan fingerprint density at radius 1 is 1.14 bits per heavy atom. The Hall–Kier alpha value is -3.91. The fourth-order valence-corrected chi connectivity index (χ4v) is 5.11. The van der Waals surface area contributed by atoms with Gasteiger partial charge in [-0.1, -0.05) is 24.3 Å². The third-order valence-corrected chi connectivity index (χ3v) is 7.31. The molecule has 0 atom stereocenters. The highest BCUT2D eigenvalue weighted by molar-refractivity contribution is 7.16. The summed E-state index contributed by atoms with van der Waals surface area (Å²) in [5, 5.41) is 15.7. The lowest BCUT2D eigenvalue weighted by atomic mass is 10.0. The van der Waals surface area contributed by atoms with Gasteiger partial charge >= 0.3 is 6.09 Å². The Morgan fingerprint density at radius 3 is 2.57 bits per heavy atom. The van der Waals surface area contributed by atoms with Crippen molar-refractivity contribution < 1.29 is 19.1 Å². The van der Waals surface area contributed by atoms with Crippen molar-refractivity contribution >= 4 is 39.7 Å². The summed E-state index contributed by atoms with van der Waals surface area (Å²) in [7, 11) is 0. The maximum absolute atomic E-state index is 12.6. The molecule has 4 N–H and O–H groups in total. The molecule has 1 aliphatic heterocycles. The predicted octanol–water partition coefficient (Wildman–Crippen LogP) is 4.23. The molecule has 0 unspecified atom stereocenters. The molecule has 2 heterocycles. The van der Waals surface area contributed by atoms with Crippen LogP contribution in [-0.4, -0.2) is 56.4 Å². The number of nitrogens with two attached hydrogens (primary N) is 1. The average Bonchev–Trinajstić information content (AvgIpc) is 3.19. The molecule has 1 aliphatic rings. The Balaban J connectivity index is 1.35. The van der Waals surface area contributed by atoms with Crippen molar-refractivity contribution in [3.05, 3.63) is 75.7 Å². The molecular formula is C27H29N5O4S. The van der Waals surface area contributed by atoms with E-state index < -0.39 is 6.09 Å². The molecule has 0 aliphatic carbocycles. The molecule has 0 spiro atoms. The Kier molecular flexibility index (Phi) is 8.74. The van der Waals surface area contributed by atoms with E-state index in [9.17, 15) is 14.9 Å². The van der Waals surface area contributed by atoms with E-state index >= 15 is 0 Å². The number of carbonyl (C=O) groups is 2. The smallest absolute Gasteiger partial charge is 0.412 e. The number of ether oxygens (including phenoxy) is 2. The Bertz CT molecular complexity index is 1290. The molecule has 10 heteroatoms. The monoisotopic (exact) mass is 519 g/mol. The van der Waals surface area contributed by atoms with Crippen molar-refractivity contribution in [3.8, 4) is 6.07 Å². The molecule has 2 amide bonds. The van der Waals surface area contributed by atoms with E-state index in [4.69, 9.17) is 15.2 Å². The Labute approximate surface area is 219 Å². The third kappa shape index (κ3) is 6.86. The van der Waals surface area contributed by atoms with Crippen LogP contribution in [0.1, 0.15) is 31.9 Å². The van der Waals surface area contributed by atoms with Gasteiger partial charge in [0.1, 0.15) is 17.7 Å². The number of anilines is 3. The van der Waals surface area contributed by atoms with E-state index in [0.717, 1.165) is 29.1 Å². The number of rotatable bonds is 8. The van der Waals surface area contributed by atoms with Crippen LogP contribution in [0.15, 0.2) is 48.5 Å². The number of hydrogen-bond acceptors (Lipinski definition) is 8. The van der Waals surface area contributed by atoms with Gasteiger partial charge in [-0.05, 0) is 42.3 Å². The summed E-state index contributed by atoms with van der Waals surface area (Å²) in [4.78, 5) is 28.0. The number of hydrogen-bond donors (Lipinski definition) is 3. The van der Waals surface area contributed by atoms with Crippen LogP contribution in [0.5, 0.6) is 0 Å². The minimum absolute atomic E-state index is 0.248. The van der Waals surface area contributed by atoms with Gasteiger partial charge in [0.2, 0.25) is 0 Å². The summed E-state index contributed by atoms with van der Waals surface area (Å²) in [6.07, 6.45) is -0.0149. The van der Waals surface area contributed by atoms with E-state index in [1.54, 1.807) is 30.3 Å². The minimum atomic E-state index is -0.577. The molecule has 9 nitrogen and oxygen atoms in total. The molecular weight excluding hydrogens is 490 g/mol. The molecule has 0 saturated carbocycles. The number of nitrogens with zero attached hydrogens (tertiary/aromatic N) is 2. The molecule has 4 rings (SSSR count). The number of para-hydroxylation sites is 2. The van der Waals surface area contributed by atoms with Crippen LogP contribution in [0.3, 0.4) is 0 Å². The lowest BCUT2D eigenvalue weighted by Gasteiger charge is -2.26. The van der Waals surface area contributed by atoms with Crippen molar-refractivity contribution in [2.24, 2.45) is 0 Å². The molecule has 1 fully saturated rings. The van der Waals surface area contributed by atoms with Gasteiger partial charge in [0.15, 0.2) is 0 Å². The number of nitrogens with one attached hydrogen (secondary N) is 2. The van der Waals surface area contributed by atoms with E-state index in [2.05, 4.69) is 21.6 Å². The number of nitriles is 1. The first kappa shape index (κ1) is 26.2. The van der Waals surface area contributed by atoms with Crippen LogP contribution in [0.2, 0.25) is 0 Å². The zero-order valence-electron chi connectivity index (χ0n) is 20.6. The second-order valence-electron chi connectivity index (χ2n) is 8.60. The van der Waals surface area contributed by atoms with Crippen molar-refractivity contribution in [2.75, 3.05) is 55.8 Å². The van der Waals surface area contributed by atoms with Crippen molar-refractivity contribution in [1.82, 2.24) is 4.90 Å². The van der Waals surface area contributed by atoms with E-state index in [-0.39, 0.29) is 12.5 Å². The molecule has 0 radical (unpaired) electrons. The van der Waals surface area contributed by atoms with Gasteiger partial charge in [-0.25, -0.2) is 4.79 Å². The maximum atomic E-state index is 12.6. The SMILES string of the molecule is Cc1c(Cc2ccc(C(=O)Nc3ccccc3N)cc2)sc(NC(=O)OCCN2CCOCC2)c1C#N. The van der Waals surface area contributed by atoms with Crippen LogP contribution in [0, 0.1) is 18.3 Å². The molecule has 1 saturated heterocycles. The second kappa shape index (κ2) is 12.4. The van der Waals surface area contributed by atoms with E-state index in [0.29, 0.717) is 53.7 Å². The lowest BCUT2D eigenvalue weighted by Crippen LogP contribution is -2.38. The van der Waals surface area contributed by atoms with Crippen LogP contribution < -0.4 is 16.4 Å². The number of amides is 2. The standard InChI is InChI=1S/C27H29N5O4S/c1-18-21(17-28)26(31-27(34)36-15-12-32-10-13-35-14-11-32)37-24(18)16-19-6-8-20(9-7-19)25(33)30-23-5-3-2-4-22(23)29/h2-9H,10-16,29H2,1H3,(H,30,33)(H,31,34). The molecule has 0 bridgehead atoms. The topological polar surface area (TPSA) is 130 Å². The van der Waals surface area contributed by atoms with E-state index in [1.807, 2.05) is 25.1 Å². The number of morpholine rings is 1. The summed E-state index contributed by atoms with van der Waals surface area (Å²) >= 11 is 1.35. The molecule has 3 aromatic rings. The van der Waals surface area contributed by atoms with Gasteiger partial charge in [0.25, 0.3) is 5.91 Å². The number of carbonyl (C=O) groups excluding carboxylic acids is 2. The van der Waals surface area contributed by atoms with Gasteiger partial charge in [0, 0.05) is 36.5 Å². The first-order chi connectivity index (χ1) is 17.9. The highest BCUT2D eigenvalue weighted by Gasteiger charge is 2.18. The van der Waals surface area contributed by atoms with Gasteiger partial charge in [0.05, 0.1) is 30.2 Å². The first-order valence-corrected chi connectivity index (χ1v) is 12.8. The number of thiophene rings is 1. The second-order valence-corrected chi connectivity index (χ2v) is 9.70. The minimum Gasteiger partial charge on any atom is -0.448 e. The summed E-state index contributed by atoms with van der Waals surface area (Å²) < 4.78 is 10.6. The third-order valence-electron chi connectivity index (χ3n) is 6.11. The van der Waals surface area contributed by atoms with Gasteiger partial charge < -0.3 is 20.5 Å². The quantitative estimate of drug-likeness (QED) is 0.380. The zero-order chi connectivity index (χ0) is 26.2. The van der Waals surface area contributed by atoms with Gasteiger partial charge in [-0.3, -0.25) is 15.0 Å². The van der Waals surface area contributed by atoms with E-state index in [1.165, 1.54) is 11.3 Å². The fourth-order valence-electron chi connectivity index (χ4n) is 3.94. The summed E-state index contributed by atoms with van der Waals surface area (Å²) in [6, 6.07) is 16.5. The first-order valence-electron chi connectivity index (χ1n) is 12.0. The van der Waals surface area contributed by atoms with Crippen LogP contribution in [-0.2, 0) is 15.9 Å². The molecule has 2 aromatic carbocycles. The number of benzene rings is 2. The normalized spacial score (nSPS) is 13.5. The number of nitrogen functional groups attached to an aromatic ring is 1. The van der Waals surface area contributed by atoms with Gasteiger partial charge in [-0.15, -0.1) is 11.3 Å². The maximum Gasteiger partial charge on any atom is 0.412 e. The Morgan fingerprint density at radius 2 is 1.86 bits per heavy atom. The van der Waals surface area contributed by atoms with Gasteiger partial charge in [-0.2, -0.15) is 5.26 Å². The lowest BCUT2D eigenvalue weighted by molar-refractivity contribution is 0.0290.